The number of rotatable bonds is 9. The maximum absolute atomic E-state index is 6.03. The van der Waals surface area contributed by atoms with Crippen LogP contribution in [0.15, 0.2) is 48.5 Å². The Labute approximate surface area is 155 Å². The number of aryl methyl sites for hydroxylation is 1. The molecule has 4 heteroatoms. The van der Waals surface area contributed by atoms with Crippen LogP contribution < -0.4 is 4.74 Å². The van der Waals surface area contributed by atoms with E-state index in [0.29, 0.717) is 12.5 Å². The maximum Gasteiger partial charge on any atom is 0.135 e. The molecular formula is C22H28N2O2. The van der Waals surface area contributed by atoms with Crippen LogP contribution in [0.5, 0.6) is 5.75 Å². The van der Waals surface area contributed by atoms with E-state index >= 15 is 0 Å². The summed E-state index contributed by atoms with van der Waals surface area (Å²) in [6.45, 7) is 6.59. The number of unbranched alkanes of at least 4 members (excludes halogenated alkanes) is 1. The van der Waals surface area contributed by atoms with Crippen LogP contribution in [0.25, 0.3) is 11.0 Å². The minimum atomic E-state index is 0.472. The van der Waals surface area contributed by atoms with Crippen molar-refractivity contribution in [1.82, 2.24) is 9.55 Å². The highest BCUT2D eigenvalue weighted by Crippen LogP contribution is 2.26. The molecule has 0 N–H and O–H groups in total. The van der Waals surface area contributed by atoms with E-state index in [4.69, 9.17) is 9.47 Å². The Morgan fingerprint density at radius 2 is 1.77 bits per heavy atom. The molecule has 0 unspecified atom stereocenters. The molecule has 3 aromatic rings. The first-order valence-corrected chi connectivity index (χ1v) is 9.35. The lowest BCUT2D eigenvalue weighted by Gasteiger charge is -2.14. The summed E-state index contributed by atoms with van der Waals surface area (Å²) in [4.78, 5) is 4.69. The molecule has 0 aliphatic heterocycles. The van der Waals surface area contributed by atoms with Crippen molar-refractivity contribution < 1.29 is 9.47 Å². The number of hydrogen-bond donors (Lipinski definition) is 0. The van der Waals surface area contributed by atoms with Crippen LogP contribution in [0.3, 0.4) is 0 Å². The Bertz CT molecular complexity index is 839. The molecule has 0 saturated carbocycles. The molecule has 0 amide bonds. The van der Waals surface area contributed by atoms with Crippen molar-refractivity contribution in [2.24, 2.45) is 0 Å². The topological polar surface area (TPSA) is 36.3 Å². The number of imidazole rings is 1. The van der Waals surface area contributed by atoms with Crippen LogP contribution >= 0.6 is 0 Å². The standard InChI is InChI=1S/C22H28N2O2/c1-17(2)18-10-4-7-13-21(18)26-15-9-8-14-24-20-12-6-5-11-19(20)23-22(24)16-25-3/h4-7,10-13,17H,8-9,14-16H2,1-3H3. The Morgan fingerprint density at radius 3 is 2.58 bits per heavy atom. The average Bonchev–Trinajstić information content (AvgIpc) is 2.99. The molecule has 2 aromatic carbocycles. The molecule has 3 rings (SSSR count). The molecule has 138 valence electrons. The van der Waals surface area contributed by atoms with E-state index < -0.39 is 0 Å². The SMILES string of the molecule is COCc1nc2ccccc2n1CCCCOc1ccccc1C(C)C. The number of para-hydroxylation sites is 3. The summed E-state index contributed by atoms with van der Waals surface area (Å²) in [6.07, 6.45) is 2.05. The van der Waals surface area contributed by atoms with E-state index in [0.717, 1.165) is 43.1 Å². The Balaban J connectivity index is 1.57. The lowest BCUT2D eigenvalue weighted by Crippen LogP contribution is -2.07. The number of methoxy groups -OCH3 is 1. The van der Waals surface area contributed by atoms with Crippen molar-refractivity contribution in [2.45, 2.75) is 45.8 Å². The Hall–Kier alpha value is -2.33. The van der Waals surface area contributed by atoms with Gasteiger partial charge >= 0.3 is 0 Å². The second-order valence-electron chi connectivity index (χ2n) is 6.85. The fourth-order valence-electron chi connectivity index (χ4n) is 3.26. The molecule has 0 aliphatic carbocycles. The van der Waals surface area contributed by atoms with E-state index in [9.17, 15) is 0 Å². The minimum absolute atomic E-state index is 0.472. The molecule has 0 aliphatic rings. The molecule has 0 fully saturated rings. The third kappa shape index (κ3) is 4.25. The molecule has 0 saturated heterocycles. The van der Waals surface area contributed by atoms with E-state index in [1.165, 1.54) is 11.1 Å². The molecule has 1 aromatic heterocycles. The molecule has 0 spiro atoms. The molecule has 0 bridgehead atoms. The summed E-state index contributed by atoms with van der Waals surface area (Å²) in [7, 11) is 1.71. The van der Waals surface area contributed by atoms with Gasteiger partial charge in [0, 0.05) is 13.7 Å². The molecule has 0 radical (unpaired) electrons. The second-order valence-corrected chi connectivity index (χ2v) is 6.85. The number of ether oxygens (including phenoxy) is 2. The van der Waals surface area contributed by atoms with Gasteiger partial charge in [0.1, 0.15) is 18.2 Å². The highest BCUT2D eigenvalue weighted by molar-refractivity contribution is 5.75. The first-order chi connectivity index (χ1) is 12.7. The Morgan fingerprint density at radius 1 is 1.00 bits per heavy atom. The fourth-order valence-corrected chi connectivity index (χ4v) is 3.26. The summed E-state index contributed by atoms with van der Waals surface area (Å²) in [5.41, 5.74) is 3.47. The van der Waals surface area contributed by atoms with Gasteiger partial charge in [0.25, 0.3) is 0 Å². The van der Waals surface area contributed by atoms with Gasteiger partial charge in [-0.3, -0.25) is 0 Å². The van der Waals surface area contributed by atoms with E-state index in [1.807, 2.05) is 12.1 Å². The van der Waals surface area contributed by atoms with Crippen molar-refractivity contribution >= 4 is 11.0 Å². The minimum Gasteiger partial charge on any atom is -0.493 e. The van der Waals surface area contributed by atoms with E-state index in [-0.39, 0.29) is 0 Å². The maximum atomic E-state index is 6.03. The number of aromatic nitrogens is 2. The zero-order valence-electron chi connectivity index (χ0n) is 15.9. The highest BCUT2D eigenvalue weighted by atomic mass is 16.5. The number of nitrogens with zero attached hydrogens (tertiary/aromatic N) is 2. The summed E-state index contributed by atoms with van der Waals surface area (Å²) in [5.74, 6) is 2.47. The van der Waals surface area contributed by atoms with Crippen LogP contribution in [-0.2, 0) is 17.9 Å². The first-order valence-electron chi connectivity index (χ1n) is 9.35. The quantitative estimate of drug-likeness (QED) is 0.499. The van der Waals surface area contributed by atoms with Gasteiger partial charge in [-0.1, -0.05) is 44.2 Å². The normalized spacial score (nSPS) is 11.4. The number of fused-ring (bicyclic) bond motifs is 1. The van der Waals surface area contributed by atoms with Crippen LogP contribution in [-0.4, -0.2) is 23.3 Å². The van der Waals surface area contributed by atoms with Crippen LogP contribution in [0.4, 0.5) is 0 Å². The van der Waals surface area contributed by atoms with E-state index in [2.05, 4.69) is 59.8 Å². The molecule has 1 heterocycles. The summed E-state index contributed by atoms with van der Waals surface area (Å²) < 4.78 is 13.6. The van der Waals surface area contributed by atoms with Crippen molar-refractivity contribution in [1.29, 1.82) is 0 Å². The number of hydrogen-bond acceptors (Lipinski definition) is 3. The van der Waals surface area contributed by atoms with Gasteiger partial charge in [-0.2, -0.15) is 0 Å². The van der Waals surface area contributed by atoms with Gasteiger partial charge in [-0.15, -0.1) is 0 Å². The van der Waals surface area contributed by atoms with E-state index in [1.54, 1.807) is 7.11 Å². The predicted octanol–water partition coefficient (Wildman–Crippen LogP) is 5.17. The zero-order chi connectivity index (χ0) is 18.4. The number of benzene rings is 2. The van der Waals surface area contributed by atoms with Gasteiger partial charge in [0.2, 0.25) is 0 Å². The highest BCUT2D eigenvalue weighted by Gasteiger charge is 2.10. The lowest BCUT2D eigenvalue weighted by atomic mass is 10.0. The largest absolute Gasteiger partial charge is 0.493 e. The first kappa shape index (κ1) is 18.5. The summed E-state index contributed by atoms with van der Waals surface area (Å²) in [6, 6.07) is 16.6. The molecule has 4 nitrogen and oxygen atoms in total. The third-order valence-corrected chi connectivity index (χ3v) is 4.58. The van der Waals surface area contributed by atoms with Crippen molar-refractivity contribution in [3.8, 4) is 5.75 Å². The third-order valence-electron chi connectivity index (χ3n) is 4.58. The van der Waals surface area contributed by atoms with Gasteiger partial charge in [0.15, 0.2) is 0 Å². The smallest absolute Gasteiger partial charge is 0.135 e. The average molecular weight is 352 g/mol. The van der Waals surface area contributed by atoms with Gasteiger partial charge in [-0.25, -0.2) is 4.98 Å². The second kappa shape index (κ2) is 8.86. The monoisotopic (exact) mass is 352 g/mol. The van der Waals surface area contributed by atoms with Crippen molar-refractivity contribution in [3.05, 3.63) is 59.9 Å². The van der Waals surface area contributed by atoms with Crippen molar-refractivity contribution in [3.63, 3.8) is 0 Å². The zero-order valence-corrected chi connectivity index (χ0v) is 15.9. The summed E-state index contributed by atoms with van der Waals surface area (Å²) >= 11 is 0. The Kier molecular flexibility index (Phi) is 6.29. The van der Waals surface area contributed by atoms with Gasteiger partial charge in [-0.05, 0) is 42.5 Å². The predicted molar refractivity (Wildman–Crippen MR) is 106 cm³/mol. The van der Waals surface area contributed by atoms with Gasteiger partial charge < -0.3 is 14.0 Å². The van der Waals surface area contributed by atoms with Gasteiger partial charge in [0.05, 0.1) is 17.6 Å². The molecular weight excluding hydrogens is 324 g/mol. The van der Waals surface area contributed by atoms with Crippen LogP contribution in [0, 0.1) is 0 Å². The van der Waals surface area contributed by atoms with Crippen LogP contribution in [0.2, 0.25) is 0 Å². The fraction of sp³-hybridized carbons (Fsp3) is 0.409. The van der Waals surface area contributed by atoms with Crippen molar-refractivity contribution in [2.75, 3.05) is 13.7 Å². The summed E-state index contributed by atoms with van der Waals surface area (Å²) in [5, 5.41) is 0. The molecule has 26 heavy (non-hydrogen) atoms. The molecule has 0 atom stereocenters. The van der Waals surface area contributed by atoms with Crippen LogP contribution in [0.1, 0.15) is 44.0 Å². The lowest BCUT2D eigenvalue weighted by molar-refractivity contribution is 0.174.